The molecule has 2 rings (SSSR count). The van der Waals surface area contributed by atoms with Gasteiger partial charge in [-0.2, -0.15) is 0 Å². The Kier molecular flexibility index (Phi) is 4.47. The van der Waals surface area contributed by atoms with E-state index in [1.807, 2.05) is 32.3 Å². The van der Waals surface area contributed by atoms with E-state index in [4.69, 9.17) is 0 Å². The van der Waals surface area contributed by atoms with E-state index in [0.717, 1.165) is 30.3 Å². The van der Waals surface area contributed by atoms with Gasteiger partial charge in [-0.3, -0.25) is 9.88 Å². The normalized spacial score (nSPS) is 10.7. The predicted molar refractivity (Wildman–Crippen MR) is 77.9 cm³/mol. The molecule has 0 spiro atoms. The molecule has 100 valence electrons. The third-order valence-corrected chi connectivity index (χ3v) is 2.91. The summed E-state index contributed by atoms with van der Waals surface area (Å²) < 4.78 is 0. The van der Waals surface area contributed by atoms with E-state index in [0.29, 0.717) is 0 Å². The maximum absolute atomic E-state index is 4.51. The SMILES string of the molecule is CNc1ccc(CN(C)Cc2cccc(C)n2)cn1. The number of anilines is 1. The quantitative estimate of drug-likeness (QED) is 0.892. The van der Waals surface area contributed by atoms with Crippen molar-refractivity contribution in [3.8, 4) is 0 Å². The van der Waals surface area contributed by atoms with Crippen molar-refractivity contribution in [2.45, 2.75) is 20.0 Å². The Morgan fingerprint density at radius 1 is 1.16 bits per heavy atom. The fraction of sp³-hybridized carbons (Fsp3) is 0.333. The van der Waals surface area contributed by atoms with Crippen LogP contribution in [0, 0.1) is 6.92 Å². The molecule has 2 heterocycles. The molecule has 0 aromatic carbocycles. The molecule has 0 aliphatic carbocycles. The molecule has 0 radical (unpaired) electrons. The minimum atomic E-state index is 0.843. The van der Waals surface area contributed by atoms with Crippen LogP contribution < -0.4 is 5.32 Å². The van der Waals surface area contributed by atoms with Crippen molar-refractivity contribution in [2.24, 2.45) is 0 Å². The van der Waals surface area contributed by atoms with Crippen LogP contribution in [0.5, 0.6) is 0 Å². The Morgan fingerprint density at radius 3 is 2.63 bits per heavy atom. The number of rotatable bonds is 5. The summed E-state index contributed by atoms with van der Waals surface area (Å²) >= 11 is 0. The number of hydrogen-bond acceptors (Lipinski definition) is 4. The number of pyridine rings is 2. The predicted octanol–water partition coefficient (Wildman–Crippen LogP) is 2.46. The largest absolute Gasteiger partial charge is 0.373 e. The third-order valence-electron chi connectivity index (χ3n) is 2.91. The summed E-state index contributed by atoms with van der Waals surface area (Å²) in [4.78, 5) is 11.1. The highest BCUT2D eigenvalue weighted by molar-refractivity contribution is 5.34. The Hall–Kier alpha value is -1.94. The summed E-state index contributed by atoms with van der Waals surface area (Å²) in [6, 6.07) is 10.2. The van der Waals surface area contributed by atoms with Gasteiger partial charge in [0, 0.05) is 32.0 Å². The molecule has 1 N–H and O–H groups in total. The molecular weight excluding hydrogens is 236 g/mol. The average Bonchev–Trinajstić information content (AvgIpc) is 2.39. The van der Waals surface area contributed by atoms with Gasteiger partial charge in [0.25, 0.3) is 0 Å². The van der Waals surface area contributed by atoms with Gasteiger partial charge in [0.15, 0.2) is 0 Å². The van der Waals surface area contributed by atoms with E-state index in [1.54, 1.807) is 0 Å². The van der Waals surface area contributed by atoms with Gasteiger partial charge in [-0.1, -0.05) is 12.1 Å². The third kappa shape index (κ3) is 4.03. The molecule has 19 heavy (non-hydrogen) atoms. The molecule has 4 nitrogen and oxygen atoms in total. The molecule has 4 heteroatoms. The highest BCUT2D eigenvalue weighted by Gasteiger charge is 2.03. The van der Waals surface area contributed by atoms with E-state index >= 15 is 0 Å². The van der Waals surface area contributed by atoms with E-state index in [2.05, 4.69) is 45.4 Å². The van der Waals surface area contributed by atoms with Crippen LogP contribution in [0.3, 0.4) is 0 Å². The van der Waals surface area contributed by atoms with Gasteiger partial charge in [-0.25, -0.2) is 4.98 Å². The monoisotopic (exact) mass is 256 g/mol. The second kappa shape index (κ2) is 6.29. The van der Waals surface area contributed by atoms with Gasteiger partial charge < -0.3 is 5.32 Å². The molecule has 0 saturated carbocycles. The molecule has 0 fully saturated rings. The number of nitrogens with zero attached hydrogens (tertiary/aromatic N) is 3. The lowest BCUT2D eigenvalue weighted by Crippen LogP contribution is -2.18. The highest BCUT2D eigenvalue weighted by Crippen LogP contribution is 2.08. The molecule has 2 aromatic heterocycles. The average molecular weight is 256 g/mol. The standard InChI is InChI=1S/C15H20N4/c1-12-5-4-6-14(18-12)11-19(3)10-13-7-8-15(16-2)17-9-13/h4-9H,10-11H2,1-3H3,(H,16,17). The summed E-state index contributed by atoms with van der Waals surface area (Å²) in [6.07, 6.45) is 1.91. The van der Waals surface area contributed by atoms with Crippen LogP contribution in [0.25, 0.3) is 0 Å². The summed E-state index contributed by atoms with van der Waals surface area (Å²) in [7, 11) is 3.97. The minimum Gasteiger partial charge on any atom is -0.373 e. The van der Waals surface area contributed by atoms with Gasteiger partial charge in [0.05, 0.1) is 5.69 Å². The van der Waals surface area contributed by atoms with Crippen LogP contribution in [0.4, 0.5) is 5.82 Å². The van der Waals surface area contributed by atoms with E-state index in [-0.39, 0.29) is 0 Å². The molecule has 0 bridgehead atoms. The van der Waals surface area contributed by atoms with Crippen molar-refractivity contribution in [3.63, 3.8) is 0 Å². The van der Waals surface area contributed by atoms with Gasteiger partial charge in [-0.15, -0.1) is 0 Å². The number of hydrogen-bond donors (Lipinski definition) is 1. The second-order valence-corrected chi connectivity index (χ2v) is 4.74. The number of nitrogens with one attached hydrogen (secondary N) is 1. The lowest BCUT2D eigenvalue weighted by molar-refractivity contribution is 0.314. The zero-order chi connectivity index (χ0) is 13.7. The van der Waals surface area contributed by atoms with Crippen LogP contribution in [-0.4, -0.2) is 29.0 Å². The summed E-state index contributed by atoms with van der Waals surface area (Å²) in [5, 5.41) is 3.02. The summed E-state index contributed by atoms with van der Waals surface area (Å²) in [5.74, 6) is 0.895. The lowest BCUT2D eigenvalue weighted by Gasteiger charge is -2.16. The molecule has 0 saturated heterocycles. The van der Waals surface area contributed by atoms with Gasteiger partial charge in [0.1, 0.15) is 5.82 Å². The van der Waals surface area contributed by atoms with Gasteiger partial charge >= 0.3 is 0 Å². The Labute approximate surface area is 114 Å². The van der Waals surface area contributed by atoms with Crippen LogP contribution in [0.2, 0.25) is 0 Å². The van der Waals surface area contributed by atoms with Crippen molar-refractivity contribution >= 4 is 5.82 Å². The number of aryl methyl sites for hydroxylation is 1. The van der Waals surface area contributed by atoms with Crippen molar-refractivity contribution in [2.75, 3.05) is 19.4 Å². The molecule has 0 unspecified atom stereocenters. The second-order valence-electron chi connectivity index (χ2n) is 4.74. The first-order valence-electron chi connectivity index (χ1n) is 6.41. The zero-order valence-electron chi connectivity index (χ0n) is 11.7. The van der Waals surface area contributed by atoms with E-state index in [9.17, 15) is 0 Å². The van der Waals surface area contributed by atoms with Gasteiger partial charge in [-0.05, 0) is 37.7 Å². The Bertz CT molecular complexity index is 522. The van der Waals surface area contributed by atoms with Gasteiger partial charge in [0.2, 0.25) is 0 Å². The molecule has 0 amide bonds. The van der Waals surface area contributed by atoms with Crippen molar-refractivity contribution in [1.29, 1.82) is 0 Å². The van der Waals surface area contributed by atoms with Crippen molar-refractivity contribution in [3.05, 3.63) is 53.5 Å². The van der Waals surface area contributed by atoms with Crippen LogP contribution in [0.1, 0.15) is 17.0 Å². The first kappa shape index (κ1) is 13.5. The maximum atomic E-state index is 4.51. The topological polar surface area (TPSA) is 41.0 Å². The van der Waals surface area contributed by atoms with Crippen LogP contribution in [0.15, 0.2) is 36.5 Å². The fourth-order valence-electron chi connectivity index (χ4n) is 2.00. The Morgan fingerprint density at radius 2 is 2.00 bits per heavy atom. The maximum Gasteiger partial charge on any atom is 0.125 e. The molecule has 0 aliphatic rings. The molecule has 0 aliphatic heterocycles. The molecule has 2 aromatic rings. The van der Waals surface area contributed by atoms with Crippen LogP contribution in [-0.2, 0) is 13.1 Å². The highest BCUT2D eigenvalue weighted by atomic mass is 15.1. The van der Waals surface area contributed by atoms with E-state index < -0.39 is 0 Å². The summed E-state index contributed by atoms with van der Waals surface area (Å²) in [5.41, 5.74) is 3.36. The molecule has 0 atom stereocenters. The Balaban J connectivity index is 1.95. The van der Waals surface area contributed by atoms with Crippen molar-refractivity contribution < 1.29 is 0 Å². The number of aromatic nitrogens is 2. The summed E-state index contributed by atoms with van der Waals surface area (Å²) in [6.45, 7) is 3.73. The smallest absolute Gasteiger partial charge is 0.125 e. The fourth-order valence-corrected chi connectivity index (χ4v) is 2.00. The van der Waals surface area contributed by atoms with E-state index in [1.165, 1.54) is 5.56 Å². The minimum absolute atomic E-state index is 0.843. The first-order valence-corrected chi connectivity index (χ1v) is 6.41. The first-order chi connectivity index (χ1) is 9.17. The lowest BCUT2D eigenvalue weighted by atomic mass is 10.2. The zero-order valence-corrected chi connectivity index (χ0v) is 11.7. The van der Waals surface area contributed by atoms with Crippen LogP contribution >= 0.6 is 0 Å². The molecular formula is C15H20N4. The van der Waals surface area contributed by atoms with Crippen molar-refractivity contribution in [1.82, 2.24) is 14.9 Å².